The van der Waals surface area contributed by atoms with Crippen molar-refractivity contribution in [3.63, 3.8) is 0 Å². The van der Waals surface area contributed by atoms with Gasteiger partial charge in [-0.05, 0) is 27.1 Å². The van der Waals surface area contributed by atoms with E-state index in [1.54, 1.807) is 0 Å². The van der Waals surface area contributed by atoms with Gasteiger partial charge in [-0.25, -0.2) is 0 Å². The van der Waals surface area contributed by atoms with Crippen molar-refractivity contribution in [3.05, 3.63) is 0 Å². The van der Waals surface area contributed by atoms with Gasteiger partial charge in [-0.2, -0.15) is 0 Å². The molecule has 0 atom stereocenters. The minimum Gasteiger partial charge on any atom is -0.309 e. The molecule has 0 N–H and O–H groups in total. The molecule has 0 rings (SSSR count). The van der Waals surface area contributed by atoms with Crippen LogP contribution in [0.4, 0.5) is 0 Å². The number of rotatable bonds is 5. The van der Waals surface area contributed by atoms with Crippen LogP contribution in [0.5, 0.6) is 0 Å². The molecule has 0 aliphatic heterocycles. The first-order valence-corrected chi connectivity index (χ1v) is 3.83. The first-order chi connectivity index (χ1) is 4.66. The van der Waals surface area contributed by atoms with E-state index in [1.807, 2.05) is 21.0 Å². The summed E-state index contributed by atoms with van der Waals surface area (Å²) in [5.74, 6) is 0.377. The highest BCUT2D eigenvalue weighted by atomic mass is 16.1. The van der Waals surface area contributed by atoms with Crippen LogP contribution < -0.4 is 0 Å². The minimum absolute atomic E-state index is 0.377. The van der Waals surface area contributed by atoms with Crippen LogP contribution in [-0.4, -0.2) is 31.3 Å². The topological polar surface area (TPSA) is 20.3 Å². The van der Waals surface area contributed by atoms with Gasteiger partial charge in [-0.15, -0.1) is 0 Å². The number of hydrogen-bond donors (Lipinski definition) is 0. The maximum absolute atomic E-state index is 10.8. The third-order valence-corrected chi connectivity index (χ3v) is 1.46. The number of nitrogens with zero attached hydrogens (tertiary/aromatic N) is 1. The van der Waals surface area contributed by atoms with Gasteiger partial charge in [0.2, 0.25) is 0 Å². The van der Waals surface area contributed by atoms with Crippen LogP contribution in [0.3, 0.4) is 0 Å². The third-order valence-electron chi connectivity index (χ3n) is 1.46. The molecule has 0 aliphatic rings. The van der Waals surface area contributed by atoms with Gasteiger partial charge in [0.15, 0.2) is 0 Å². The van der Waals surface area contributed by atoms with E-state index >= 15 is 0 Å². The lowest BCUT2D eigenvalue weighted by Gasteiger charge is -2.07. The Morgan fingerprint density at radius 3 is 2.40 bits per heavy atom. The zero-order valence-electron chi connectivity index (χ0n) is 7.18. The van der Waals surface area contributed by atoms with E-state index in [9.17, 15) is 4.79 Å². The van der Waals surface area contributed by atoms with Crippen molar-refractivity contribution in [2.75, 3.05) is 20.6 Å². The molecule has 2 heteroatoms. The molecule has 0 heterocycles. The minimum atomic E-state index is 0.377. The predicted molar refractivity (Wildman–Crippen MR) is 43.1 cm³/mol. The quantitative estimate of drug-likeness (QED) is 0.578. The first-order valence-electron chi connectivity index (χ1n) is 3.83. The van der Waals surface area contributed by atoms with E-state index in [1.165, 1.54) is 0 Å². The summed E-state index contributed by atoms with van der Waals surface area (Å²) in [6.45, 7) is 2.93. The van der Waals surface area contributed by atoms with Crippen molar-refractivity contribution in [1.82, 2.24) is 4.90 Å². The Bertz CT molecular complexity index is 99.4. The number of carbonyl (C=O) groups is 1. The van der Waals surface area contributed by atoms with Gasteiger partial charge in [-0.3, -0.25) is 4.79 Å². The highest BCUT2D eigenvalue weighted by molar-refractivity contribution is 5.77. The molecule has 0 saturated carbocycles. The van der Waals surface area contributed by atoms with Crippen molar-refractivity contribution in [2.24, 2.45) is 0 Å². The molecule has 0 spiro atoms. The SMILES string of the molecule is CCC(=O)CCCN(C)C. The van der Waals surface area contributed by atoms with E-state index in [2.05, 4.69) is 4.90 Å². The zero-order valence-corrected chi connectivity index (χ0v) is 7.18. The molecule has 0 bridgehead atoms. The maximum Gasteiger partial charge on any atom is 0.132 e. The van der Waals surface area contributed by atoms with Gasteiger partial charge in [0, 0.05) is 12.8 Å². The number of hydrogen-bond acceptors (Lipinski definition) is 2. The van der Waals surface area contributed by atoms with Crippen LogP contribution in [-0.2, 0) is 4.79 Å². The van der Waals surface area contributed by atoms with Gasteiger partial charge < -0.3 is 4.90 Å². The van der Waals surface area contributed by atoms with E-state index in [4.69, 9.17) is 0 Å². The van der Waals surface area contributed by atoms with Gasteiger partial charge in [0.1, 0.15) is 5.78 Å². The average molecular weight is 143 g/mol. The summed E-state index contributed by atoms with van der Waals surface area (Å²) in [5.41, 5.74) is 0. The second-order valence-electron chi connectivity index (χ2n) is 2.80. The monoisotopic (exact) mass is 143 g/mol. The second kappa shape index (κ2) is 5.42. The van der Waals surface area contributed by atoms with Crippen molar-refractivity contribution < 1.29 is 4.79 Å². The summed E-state index contributed by atoms with van der Waals surface area (Å²) in [7, 11) is 4.05. The molecular formula is C8H17NO. The fourth-order valence-corrected chi connectivity index (χ4v) is 0.769. The third kappa shape index (κ3) is 5.76. The van der Waals surface area contributed by atoms with E-state index in [-0.39, 0.29) is 0 Å². The Balaban J connectivity index is 3.12. The van der Waals surface area contributed by atoms with Crippen LogP contribution >= 0.6 is 0 Å². The van der Waals surface area contributed by atoms with Crippen LogP contribution in [0.1, 0.15) is 26.2 Å². The van der Waals surface area contributed by atoms with Crippen molar-refractivity contribution in [3.8, 4) is 0 Å². The Morgan fingerprint density at radius 1 is 1.40 bits per heavy atom. The van der Waals surface area contributed by atoms with Crippen molar-refractivity contribution in [2.45, 2.75) is 26.2 Å². The molecule has 0 unspecified atom stereocenters. The molecule has 0 aromatic carbocycles. The molecule has 0 aliphatic carbocycles. The van der Waals surface area contributed by atoms with Gasteiger partial charge in [0.25, 0.3) is 0 Å². The predicted octanol–water partition coefficient (Wildman–Crippen LogP) is 1.31. The fourth-order valence-electron chi connectivity index (χ4n) is 0.769. The molecule has 10 heavy (non-hydrogen) atoms. The van der Waals surface area contributed by atoms with E-state index < -0.39 is 0 Å². The van der Waals surface area contributed by atoms with Crippen LogP contribution in [0.15, 0.2) is 0 Å². The van der Waals surface area contributed by atoms with Crippen LogP contribution in [0, 0.1) is 0 Å². The lowest BCUT2D eigenvalue weighted by Crippen LogP contribution is -2.13. The normalized spacial score (nSPS) is 10.4. The molecule has 0 saturated heterocycles. The largest absolute Gasteiger partial charge is 0.309 e. The summed E-state index contributed by atoms with van der Waals surface area (Å²) < 4.78 is 0. The number of ketones is 1. The van der Waals surface area contributed by atoms with Crippen molar-refractivity contribution in [1.29, 1.82) is 0 Å². The summed E-state index contributed by atoms with van der Waals surface area (Å²) in [6.07, 6.45) is 2.43. The number of Topliss-reactive ketones (excluding diaryl/α,β-unsaturated/α-hetero) is 1. The Hall–Kier alpha value is -0.370. The molecule has 0 amide bonds. The molecule has 60 valence electrons. The fraction of sp³-hybridized carbons (Fsp3) is 0.875. The summed E-state index contributed by atoms with van der Waals surface area (Å²) >= 11 is 0. The summed E-state index contributed by atoms with van der Waals surface area (Å²) in [6, 6.07) is 0. The van der Waals surface area contributed by atoms with E-state index in [0.29, 0.717) is 12.2 Å². The van der Waals surface area contributed by atoms with Gasteiger partial charge in [0.05, 0.1) is 0 Å². The highest BCUT2D eigenvalue weighted by Crippen LogP contribution is 1.94. The smallest absolute Gasteiger partial charge is 0.132 e. The van der Waals surface area contributed by atoms with Crippen LogP contribution in [0.2, 0.25) is 0 Å². The summed E-state index contributed by atoms with van der Waals surface area (Å²) in [5, 5.41) is 0. The number of carbonyl (C=O) groups excluding carboxylic acids is 1. The summed E-state index contributed by atoms with van der Waals surface area (Å²) in [4.78, 5) is 12.9. The molecule has 0 fully saturated rings. The zero-order chi connectivity index (χ0) is 7.98. The van der Waals surface area contributed by atoms with E-state index in [0.717, 1.165) is 19.4 Å². The van der Waals surface area contributed by atoms with Crippen molar-refractivity contribution >= 4 is 5.78 Å². The first kappa shape index (κ1) is 9.63. The lowest BCUT2D eigenvalue weighted by atomic mass is 10.2. The maximum atomic E-state index is 10.8. The van der Waals surface area contributed by atoms with Gasteiger partial charge in [-0.1, -0.05) is 6.92 Å². The Labute approximate surface area is 63.2 Å². The molecular weight excluding hydrogens is 126 g/mol. The second-order valence-corrected chi connectivity index (χ2v) is 2.80. The lowest BCUT2D eigenvalue weighted by molar-refractivity contribution is -0.118. The highest BCUT2D eigenvalue weighted by Gasteiger charge is 1.97. The molecule has 0 aromatic rings. The average Bonchev–Trinajstić information content (AvgIpc) is 1.87. The molecule has 2 nitrogen and oxygen atoms in total. The molecule has 0 radical (unpaired) electrons. The Kier molecular flexibility index (Phi) is 5.22. The van der Waals surface area contributed by atoms with Gasteiger partial charge >= 0.3 is 0 Å². The van der Waals surface area contributed by atoms with Crippen LogP contribution in [0.25, 0.3) is 0 Å². The standard InChI is InChI=1S/C8H17NO/c1-4-8(10)6-5-7-9(2)3/h4-7H2,1-3H3. The molecule has 0 aromatic heterocycles. The Morgan fingerprint density at radius 2 is 2.00 bits per heavy atom.